The first-order valence-corrected chi connectivity index (χ1v) is 6.09. The quantitative estimate of drug-likeness (QED) is 0.807. The highest BCUT2D eigenvalue weighted by molar-refractivity contribution is 9.10. The van der Waals surface area contributed by atoms with Crippen LogP contribution in [0.5, 0.6) is 0 Å². The van der Waals surface area contributed by atoms with Crippen LogP contribution in [0.3, 0.4) is 0 Å². The topological polar surface area (TPSA) is 52.3 Å². The second kappa shape index (κ2) is 5.48. The number of ether oxygens (including phenoxy) is 1. The highest BCUT2D eigenvalue weighted by atomic mass is 79.9. The van der Waals surface area contributed by atoms with Crippen molar-refractivity contribution in [2.45, 2.75) is 6.92 Å². The molecule has 7 heteroatoms. The summed E-state index contributed by atoms with van der Waals surface area (Å²) < 4.78 is 37.5. The summed E-state index contributed by atoms with van der Waals surface area (Å²) in [6.45, 7) is 1.73. The lowest BCUT2D eigenvalue weighted by Crippen LogP contribution is -2.07. The molecule has 100 valence electrons. The van der Waals surface area contributed by atoms with Crippen molar-refractivity contribution in [3.8, 4) is 11.3 Å². The lowest BCUT2D eigenvalue weighted by Gasteiger charge is -2.04. The summed E-state index contributed by atoms with van der Waals surface area (Å²) in [6.07, 6.45) is 0.933. The Kier molecular flexibility index (Phi) is 3.94. The third-order valence-electron chi connectivity index (χ3n) is 2.27. The van der Waals surface area contributed by atoms with E-state index in [0.29, 0.717) is 0 Å². The maximum atomic E-state index is 13.8. The molecule has 0 aliphatic carbocycles. The maximum absolute atomic E-state index is 13.8. The fourth-order valence-electron chi connectivity index (χ4n) is 1.53. The van der Waals surface area contributed by atoms with Gasteiger partial charge in [-0.05, 0) is 19.1 Å². The van der Waals surface area contributed by atoms with Gasteiger partial charge in [-0.3, -0.25) is 0 Å². The molecule has 0 atom stereocenters. The molecular weight excluding hydrogens is 324 g/mol. The summed E-state index contributed by atoms with van der Waals surface area (Å²) in [5.41, 5.74) is -0.717. The predicted molar refractivity (Wildman–Crippen MR) is 65.5 cm³/mol. The van der Waals surface area contributed by atoms with E-state index in [1.807, 2.05) is 0 Å². The molecule has 0 saturated carbocycles. The first-order valence-electron chi connectivity index (χ1n) is 5.30. The van der Waals surface area contributed by atoms with E-state index >= 15 is 0 Å². The van der Waals surface area contributed by atoms with E-state index in [9.17, 15) is 13.6 Å². The number of hydrogen-bond donors (Lipinski definition) is 0. The van der Waals surface area contributed by atoms with E-state index < -0.39 is 23.2 Å². The molecule has 1 aromatic carbocycles. The van der Waals surface area contributed by atoms with E-state index in [1.165, 1.54) is 0 Å². The molecule has 0 bridgehead atoms. The molecule has 1 heterocycles. The van der Waals surface area contributed by atoms with Crippen molar-refractivity contribution < 1.29 is 22.7 Å². The second-order valence-corrected chi connectivity index (χ2v) is 4.41. The number of hydrogen-bond acceptors (Lipinski definition) is 4. The second-order valence-electron chi connectivity index (χ2n) is 3.49. The minimum atomic E-state index is -0.867. The molecule has 0 aliphatic heterocycles. The van der Waals surface area contributed by atoms with Crippen LogP contribution in [0.15, 0.2) is 27.4 Å². The minimum Gasteiger partial charge on any atom is -0.461 e. The van der Waals surface area contributed by atoms with Gasteiger partial charge in [0, 0.05) is 4.47 Å². The average molecular weight is 332 g/mol. The zero-order chi connectivity index (χ0) is 14.0. The van der Waals surface area contributed by atoms with Crippen LogP contribution in [0, 0.1) is 11.6 Å². The number of esters is 1. The summed E-state index contributed by atoms with van der Waals surface area (Å²) in [5, 5.41) is 0. The summed E-state index contributed by atoms with van der Waals surface area (Å²) in [4.78, 5) is 15.2. The van der Waals surface area contributed by atoms with Crippen LogP contribution in [0.2, 0.25) is 0 Å². The summed E-state index contributed by atoms with van der Waals surface area (Å²) in [7, 11) is 0. The van der Waals surface area contributed by atoms with Gasteiger partial charge in [0.05, 0.1) is 12.2 Å². The van der Waals surface area contributed by atoms with Crippen LogP contribution in [-0.2, 0) is 4.74 Å². The fourth-order valence-corrected chi connectivity index (χ4v) is 1.93. The lowest BCUT2D eigenvalue weighted by atomic mass is 10.1. The van der Waals surface area contributed by atoms with E-state index in [2.05, 4.69) is 20.9 Å². The van der Waals surface area contributed by atoms with Crippen molar-refractivity contribution in [3.05, 3.63) is 40.3 Å². The third-order valence-corrected chi connectivity index (χ3v) is 2.73. The number of rotatable bonds is 3. The van der Waals surface area contributed by atoms with Crippen molar-refractivity contribution in [1.82, 2.24) is 4.98 Å². The van der Waals surface area contributed by atoms with Crippen LogP contribution >= 0.6 is 15.9 Å². The molecule has 2 rings (SSSR count). The fraction of sp³-hybridized carbons (Fsp3) is 0.167. The molecule has 1 aromatic heterocycles. The number of halogens is 3. The van der Waals surface area contributed by atoms with Gasteiger partial charge >= 0.3 is 5.97 Å². The van der Waals surface area contributed by atoms with E-state index in [1.54, 1.807) is 6.92 Å². The van der Waals surface area contributed by atoms with Gasteiger partial charge < -0.3 is 9.15 Å². The molecule has 0 spiro atoms. The molecule has 0 amide bonds. The number of nitrogens with zero attached hydrogens (tertiary/aromatic N) is 1. The van der Waals surface area contributed by atoms with Gasteiger partial charge in [0.2, 0.25) is 0 Å². The molecule has 0 unspecified atom stereocenters. The van der Waals surface area contributed by atoms with Crippen LogP contribution in [0.4, 0.5) is 8.78 Å². The Bertz CT molecular complexity index is 604. The zero-order valence-electron chi connectivity index (χ0n) is 9.75. The van der Waals surface area contributed by atoms with Crippen molar-refractivity contribution >= 4 is 21.9 Å². The Morgan fingerprint density at radius 1 is 1.42 bits per heavy atom. The molecule has 0 aliphatic rings. The van der Waals surface area contributed by atoms with Crippen molar-refractivity contribution in [2.24, 2.45) is 0 Å². The van der Waals surface area contributed by atoms with Crippen molar-refractivity contribution in [1.29, 1.82) is 0 Å². The van der Waals surface area contributed by atoms with Gasteiger partial charge in [0.25, 0.3) is 0 Å². The number of oxazole rings is 1. The Balaban J connectivity index is 2.55. The SMILES string of the molecule is CCOC(=O)c1ncoc1-c1c(F)cc(Br)cc1F. The molecule has 19 heavy (non-hydrogen) atoms. The molecule has 0 radical (unpaired) electrons. The first-order chi connectivity index (χ1) is 9.04. The monoisotopic (exact) mass is 331 g/mol. The van der Waals surface area contributed by atoms with Crippen LogP contribution in [0.25, 0.3) is 11.3 Å². The van der Waals surface area contributed by atoms with Gasteiger partial charge in [0.15, 0.2) is 17.8 Å². The standard InChI is InChI=1S/C12H8BrF2NO3/c1-2-18-12(17)10-11(19-5-16-10)9-7(14)3-6(13)4-8(9)15/h3-5H,2H2,1H3. The van der Waals surface area contributed by atoms with Gasteiger partial charge in [-0.15, -0.1) is 0 Å². The summed E-state index contributed by atoms with van der Waals surface area (Å²) >= 11 is 2.96. The Morgan fingerprint density at radius 2 is 2.05 bits per heavy atom. The smallest absolute Gasteiger partial charge is 0.360 e. The predicted octanol–water partition coefficient (Wildman–Crippen LogP) is 3.56. The van der Waals surface area contributed by atoms with Crippen LogP contribution in [-0.4, -0.2) is 17.6 Å². The highest BCUT2D eigenvalue weighted by Crippen LogP contribution is 2.31. The van der Waals surface area contributed by atoms with E-state index in [0.717, 1.165) is 18.5 Å². The number of carbonyl (C=O) groups is 1. The molecule has 0 saturated heterocycles. The zero-order valence-corrected chi connectivity index (χ0v) is 11.3. The molecule has 2 aromatic rings. The molecule has 0 fully saturated rings. The normalized spacial score (nSPS) is 10.5. The van der Waals surface area contributed by atoms with Gasteiger partial charge in [0.1, 0.15) is 11.6 Å². The Hall–Kier alpha value is -1.76. The molecular formula is C12H8BrF2NO3. The van der Waals surface area contributed by atoms with Crippen molar-refractivity contribution in [2.75, 3.05) is 6.61 Å². The lowest BCUT2D eigenvalue weighted by molar-refractivity contribution is 0.0520. The Morgan fingerprint density at radius 3 is 2.63 bits per heavy atom. The minimum absolute atomic E-state index is 0.121. The van der Waals surface area contributed by atoms with Gasteiger partial charge in [-0.1, -0.05) is 15.9 Å². The molecule has 0 N–H and O–H groups in total. The van der Waals surface area contributed by atoms with E-state index in [-0.39, 0.29) is 22.5 Å². The van der Waals surface area contributed by atoms with Crippen LogP contribution < -0.4 is 0 Å². The van der Waals surface area contributed by atoms with E-state index in [4.69, 9.17) is 9.15 Å². The van der Waals surface area contributed by atoms with Gasteiger partial charge in [-0.2, -0.15) is 0 Å². The maximum Gasteiger partial charge on any atom is 0.360 e. The third kappa shape index (κ3) is 2.65. The number of aromatic nitrogens is 1. The summed E-state index contributed by atoms with van der Waals surface area (Å²) in [6, 6.07) is 2.13. The largest absolute Gasteiger partial charge is 0.461 e. The first kappa shape index (κ1) is 13.7. The molecule has 4 nitrogen and oxygen atoms in total. The number of carbonyl (C=O) groups excluding carboxylic acids is 1. The van der Waals surface area contributed by atoms with Crippen molar-refractivity contribution in [3.63, 3.8) is 0 Å². The summed E-state index contributed by atoms with van der Waals surface area (Å²) in [5.74, 6) is -2.82. The Labute approximate surface area is 115 Å². The highest BCUT2D eigenvalue weighted by Gasteiger charge is 2.25. The number of benzene rings is 1. The van der Waals surface area contributed by atoms with Crippen LogP contribution in [0.1, 0.15) is 17.4 Å². The average Bonchev–Trinajstić information content (AvgIpc) is 2.77. The van der Waals surface area contributed by atoms with Gasteiger partial charge in [-0.25, -0.2) is 18.6 Å².